The predicted octanol–water partition coefficient (Wildman–Crippen LogP) is 4.15. The van der Waals surface area contributed by atoms with Gasteiger partial charge in [0, 0.05) is 18.4 Å². The molecule has 4 rings (SSSR count). The molecule has 1 amide bonds. The zero-order valence-electron chi connectivity index (χ0n) is 18.2. The molecule has 2 bridgehead atoms. The van der Waals surface area contributed by atoms with Crippen molar-refractivity contribution < 1.29 is 24.2 Å². The maximum Gasteiger partial charge on any atom is 0.410 e. The van der Waals surface area contributed by atoms with Gasteiger partial charge in [0.2, 0.25) is 0 Å². The molecule has 4 atom stereocenters. The Morgan fingerprint density at radius 3 is 2.33 bits per heavy atom. The third-order valence-corrected chi connectivity index (χ3v) is 6.81. The van der Waals surface area contributed by atoms with Crippen LogP contribution in [-0.2, 0) is 19.9 Å². The first-order chi connectivity index (χ1) is 14.2. The molecule has 1 N–H and O–H groups in total. The number of fused-ring (bicyclic) bond motifs is 2. The van der Waals surface area contributed by atoms with E-state index in [1.807, 2.05) is 39.0 Å². The second kappa shape index (κ2) is 7.88. The first kappa shape index (κ1) is 21.2. The summed E-state index contributed by atoms with van der Waals surface area (Å²) in [5.74, 6) is -0.727. The highest BCUT2D eigenvalue weighted by Crippen LogP contribution is 2.44. The molecule has 2 aliphatic heterocycles. The summed E-state index contributed by atoms with van der Waals surface area (Å²) in [6, 6.07) is 8.99. The number of nitrogens with zero attached hydrogens (tertiary/aromatic N) is 1. The van der Waals surface area contributed by atoms with E-state index in [1.165, 1.54) is 0 Å². The van der Waals surface area contributed by atoms with Crippen LogP contribution in [0.25, 0.3) is 0 Å². The van der Waals surface area contributed by atoms with Crippen LogP contribution in [0.4, 0.5) is 4.79 Å². The highest BCUT2D eigenvalue weighted by Gasteiger charge is 2.54. The van der Waals surface area contributed by atoms with Gasteiger partial charge < -0.3 is 14.6 Å². The highest BCUT2D eigenvalue weighted by molar-refractivity contribution is 5.82. The summed E-state index contributed by atoms with van der Waals surface area (Å²) in [6.45, 7) is 5.55. The van der Waals surface area contributed by atoms with Crippen LogP contribution in [-0.4, -0.2) is 45.9 Å². The molecular formula is C24H33NO5. The number of ether oxygens (including phenoxy) is 2. The fourth-order valence-electron chi connectivity index (χ4n) is 5.44. The number of amides is 1. The van der Waals surface area contributed by atoms with E-state index in [0.29, 0.717) is 12.0 Å². The van der Waals surface area contributed by atoms with Crippen molar-refractivity contribution in [3.8, 4) is 0 Å². The van der Waals surface area contributed by atoms with Gasteiger partial charge in [0.05, 0.1) is 6.04 Å². The molecule has 0 aromatic heterocycles. The summed E-state index contributed by atoms with van der Waals surface area (Å²) in [7, 11) is 0. The van der Waals surface area contributed by atoms with Gasteiger partial charge in [-0.3, -0.25) is 4.90 Å². The first-order valence-electron chi connectivity index (χ1n) is 11.2. The van der Waals surface area contributed by atoms with Crippen LogP contribution in [0.2, 0.25) is 0 Å². The van der Waals surface area contributed by atoms with E-state index in [4.69, 9.17) is 9.47 Å². The lowest BCUT2D eigenvalue weighted by atomic mass is 9.80. The first-order valence-corrected chi connectivity index (χ1v) is 11.2. The number of benzene rings is 1. The zero-order valence-corrected chi connectivity index (χ0v) is 18.2. The molecule has 1 aromatic rings. The second-order valence-electron chi connectivity index (χ2n) is 9.98. The Hall–Kier alpha value is -2.08. The SMILES string of the molecule is CC(C)(C)OC(=O)N1C2CC[C@@H]1[C@H](OC(=O)[C@](O)(c1ccccc1)C1CCCC1)C2. The lowest BCUT2D eigenvalue weighted by Gasteiger charge is -2.34. The van der Waals surface area contributed by atoms with Crippen molar-refractivity contribution in [1.29, 1.82) is 0 Å². The van der Waals surface area contributed by atoms with E-state index in [0.717, 1.165) is 38.5 Å². The molecule has 1 unspecified atom stereocenters. The fraction of sp³-hybridized carbons (Fsp3) is 0.667. The topological polar surface area (TPSA) is 76.1 Å². The molecule has 30 heavy (non-hydrogen) atoms. The Labute approximate surface area is 178 Å². The summed E-state index contributed by atoms with van der Waals surface area (Å²) < 4.78 is 11.5. The molecule has 1 aliphatic carbocycles. The lowest BCUT2D eigenvalue weighted by molar-refractivity contribution is -0.180. The molecule has 3 aliphatic rings. The van der Waals surface area contributed by atoms with Gasteiger partial charge >= 0.3 is 12.1 Å². The minimum Gasteiger partial charge on any atom is -0.458 e. The summed E-state index contributed by atoms with van der Waals surface area (Å²) in [4.78, 5) is 27.8. The summed E-state index contributed by atoms with van der Waals surface area (Å²) >= 11 is 0. The molecule has 0 spiro atoms. The predicted molar refractivity (Wildman–Crippen MR) is 112 cm³/mol. The number of esters is 1. The Morgan fingerprint density at radius 2 is 1.70 bits per heavy atom. The average Bonchev–Trinajstić information content (AvgIpc) is 3.43. The smallest absolute Gasteiger partial charge is 0.410 e. The number of carbonyl (C=O) groups is 2. The fourth-order valence-corrected chi connectivity index (χ4v) is 5.44. The third-order valence-electron chi connectivity index (χ3n) is 6.81. The van der Waals surface area contributed by atoms with Crippen molar-refractivity contribution in [3.05, 3.63) is 35.9 Å². The Balaban J connectivity index is 1.52. The van der Waals surface area contributed by atoms with Crippen molar-refractivity contribution in [2.45, 2.75) is 95.1 Å². The molecule has 6 nitrogen and oxygen atoms in total. The Morgan fingerprint density at radius 1 is 1.03 bits per heavy atom. The molecule has 2 heterocycles. The normalized spacial score (nSPS) is 28.4. The standard InChI is InChI=1S/C24H33NO5/c1-23(2,3)30-22(27)25-18-13-14-19(25)20(15-18)29-21(26)24(28,17-11-7-8-12-17)16-9-5-4-6-10-16/h4-6,9-10,17-20,28H,7-8,11-15H2,1-3H3/t18?,19-,20-,24+/m1/s1. The Kier molecular flexibility index (Phi) is 5.56. The van der Waals surface area contributed by atoms with Crippen molar-refractivity contribution in [2.75, 3.05) is 0 Å². The highest BCUT2D eigenvalue weighted by atomic mass is 16.6. The van der Waals surface area contributed by atoms with Gasteiger partial charge in [-0.2, -0.15) is 0 Å². The van der Waals surface area contributed by atoms with Crippen LogP contribution in [0.15, 0.2) is 30.3 Å². The Bertz CT molecular complexity index is 783. The van der Waals surface area contributed by atoms with E-state index >= 15 is 0 Å². The maximum absolute atomic E-state index is 13.4. The van der Waals surface area contributed by atoms with E-state index in [-0.39, 0.29) is 24.1 Å². The van der Waals surface area contributed by atoms with Crippen LogP contribution in [0.5, 0.6) is 0 Å². The molecular weight excluding hydrogens is 382 g/mol. The van der Waals surface area contributed by atoms with Gasteiger partial charge in [-0.1, -0.05) is 43.2 Å². The molecule has 1 saturated carbocycles. The van der Waals surface area contributed by atoms with Crippen LogP contribution < -0.4 is 0 Å². The van der Waals surface area contributed by atoms with Gasteiger partial charge in [0.15, 0.2) is 5.60 Å². The summed E-state index contributed by atoms with van der Waals surface area (Å²) in [6.07, 6.45) is 5.16. The number of hydrogen-bond acceptors (Lipinski definition) is 5. The maximum atomic E-state index is 13.4. The number of carbonyl (C=O) groups excluding carboxylic acids is 2. The van der Waals surface area contributed by atoms with Crippen molar-refractivity contribution in [2.24, 2.45) is 5.92 Å². The minimum absolute atomic E-state index is 0.0268. The minimum atomic E-state index is -1.64. The molecule has 2 saturated heterocycles. The lowest BCUT2D eigenvalue weighted by Crippen LogP contribution is -2.47. The van der Waals surface area contributed by atoms with E-state index in [2.05, 4.69) is 0 Å². The number of aliphatic hydroxyl groups is 1. The summed E-state index contributed by atoms with van der Waals surface area (Å²) in [5, 5.41) is 11.6. The summed E-state index contributed by atoms with van der Waals surface area (Å²) in [5.41, 5.74) is -1.62. The van der Waals surface area contributed by atoms with Gasteiger partial charge in [0.1, 0.15) is 11.7 Å². The monoisotopic (exact) mass is 415 g/mol. The third kappa shape index (κ3) is 3.82. The van der Waals surface area contributed by atoms with Gasteiger partial charge in [-0.25, -0.2) is 9.59 Å². The van der Waals surface area contributed by atoms with E-state index < -0.39 is 23.3 Å². The van der Waals surface area contributed by atoms with Crippen molar-refractivity contribution in [1.82, 2.24) is 4.90 Å². The van der Waals surface area contributed by atoms with E-state index in [9.17, 15) is 14.7 Å². The van der Waals surface area contributed by atoms with Gasteiger partial charge in [-0.05, 0) is 52.0 Å². The van der Waals surface area contributed by atoms with Crippen LogP contribution in [0.3, 0.4) is 0 Å². The number of rotatable bonds is 4. The van der Waals surface area contributed by atoms with Gasteiger partial charge in [-0.15, -0.1) is 0 Å². The number of hydrogen-bond donors (Lipinski definition) is 1. The average molecular weight is 416 g/mol. The van der Waals surface area contributed by atoms with Crippen LogP contribution >= 0.6 is 0 Å². The molecule has 1 aromatic carbocycles. The second-order valence-corrected chi connectivity index (χ2v) is 9.98. The van der Waals surface area contributed by atoms with Gasteiger partial charge in [0.25, 0.3) is 0 Å². The molecule has 0 radical (unpaired) electrons. The zero-order chi connectivity index (χ0) is 21.5. The van der Waals surface area contributed by atoms with Crippen molar-refractivity contribution in [3.63, 3.8) is 0 Å². The molecule has 3 fully saturated rings. The largest absolute Gasteiger partial charge is 0.458 e. The van der Waals surface area contributed by atoms with Crippen LogP contribution in [0.1, 0.15) is 71.3 Å². The molecule has 164 valence electrons. The van der Waals surface area contributed by atoms with Crippen molar-refractivity contribution >= 4 is 12.1 Å². The van der Waals surface area contributed by atoms with Crippen LogP contribution in [0, 0.1) is 5.92 Å². The molecule has 6 heteroatoms. The van der Waals surface area contributed by atoms with E-state index in [1.54, 1.807) is 17.0 Å². The quantitative estimate of drug-likeness (QED) is 0.748.